The normalized spacial score (nSPS) is 14.5. The molecule has 0 radical (unpaired) electrons. The lowest BCUT2D eigenvalue weighted by Crippen LogP contribution is -2.25. The van der Waals surface area contributed by atoms with E-state index < -0.39 is 0 Å². The first-order valence-electron chi connectivity index (χ1n) is 10.4. The summed E-state index contributed by atoms with van der Waals surface area (Å²) in [5, 5.41) is 3.50. The highest BCUT2D eigenvalue weighted by Crippen LogP contribution is 2.23. The van der Waals surface area contributed by atoms with Crippen molar-refractivity contribution in [1.82, 2.24) is 19.9 Å². The lowest BCUT2D eigenvalue weighted by atomic mass is 10.2. The van der Waals surface area contributed by atoms with Gasteiger partial charge in [0.05, 0.1) is 0 Å². The summed E-state index contributed by atoms with van der Waals surface area (Å²) in [5.74, 6) is 2.64. The van der Waals surface area contributed by atoms with Gasteiger partial charge in [0.15, 0.2) is 5.82 Å². The van der Waals surface area contributed by atoms with E-state index in [1.165, 1.54) is 31.2 Å². The Balaban J connectivity index is 1.52. The zero-order valence-corrected chi connectivity index (χ0v) is 17.2. The number of nitrogens with zero attached hydrogens (tertiary/aromatic N) is 5. The second-order valence-electron chi connectivity index (χ2n) is 7.63. The van der Waals surface area contributed by atoms with E-state index in [4.69, 9.17) is 4.98 Å². The molecule has 0 aromatic carbocycles. The number of aryl methyl sites for hydroxylation is 1. The Morgan fingerprint density at radius 1 is 1.00 bits per heavy atom. The summed E-state index contributed by atoms with van der Waals surface area (Å²) >= 11 is 0. The molecule has 0 atom stereocenters. The molecule has 1 aliphatic rings. The quantitative estimate of drug-likeness (QED) is 0.692. The summed E-state index contributed by atoms with van der Waals surface area (Å²) in [4.78, 5) is 20.6. The van der Waals surface area contributed by atoms with Gasteiger partial charge in [0, 0.05) is 55.0 Å². The molecular formula is C23H28N6. The minimum absolute atomic E-state index is 0.698. The van der Waals surface area contributed by atoms with Crippen LogP contribution in [0.5, 0.6) is 0 Å². The van der Waals surface area contributed by atoms with Crippen LogP contribution in [-0.2, 0) is 6.54 Å². The lowest BCUT2D eigenvalue weighted by Gasteiger charge is -2.22. The largest absolute Gasteiger partial charge is 0.366 e. The summed E-state index contributed by atoms with van der Waals surface area (Å²) in [6.45, 7) is 6.98. The van der Waals surface area contributed by atoms with Gasteiger partial charge in [-0.2, -0.15) is 0 Å². The highest BCUT2D eigenvalue weighted by Gasteiger charge is 2.13. The van der Waals surface area contributed by atoms with E-state index in [1.807, 2.05) is 25.3 Å². The zero-order valence-electron chi connectivity index (χ0n) is 17.2. The van der Waals surface area contributed by atoms with Crippen LogP contribution in [0.3, 0.4) is 0 Å². The van der Waals surface area contributed by atoms with Gasteiger partial charge in [-0.05, 0) is 56.5 Å². The predicted octanol–water partition coefficient (Wildman–Crippen LogP) is 4.54. The molecule has 3 aromatic rings. The lowest BCUT2D eigenvalue weighted by molar-refractivity contribution is 0.726. The third-order valence-corrected chi connectivity index (χ3v) is 5.51. The van der Waals surface area contributed by atoms with Crippen molar-refractivity contribution in [2.75, 3.05) is 23.3 Å². The highest BCUT2D eigenvalue weighted by atomic mass is 15.2. The highest BCUT2D eigenvalue weighted by molar-refractivity contribution is 5.58. The van der Waals surface area contributed by atoms with E-state index in [2.05, 4.69) is 44.2 Å². The van der Waals surface area contributed by atoms with Crippen molar-refractivity contribution in [1.29, 1.82) is 0 Å². The van der Waals surface area contributed by atoms with Gasteiger partial charge < -0.3 is 10.2 Å². The molecule has 6 nitrogen and oxygen atoms in total. The van der Waals surface area contributed by atoms with Gasteiger partial charge in [0.2, 0.25) is 0 Å². The topological polar surface area (TPSA) is 66.8 Å². The van der Waals surface area contributed by atoms with E-state index in [1.54, 1.807) is 12.4 Å². The van der Waals surface area contributed by atoms with E-state index in [0.717, 1.165) is 41.5 Å². The second kappa shape index (κ2) is 8.99. The summed E-state index contributed by atoms with van der Waals surface area (Å²) in [5.41, 5.74) is 4.17. The molecule has 1 saturated heterocycles. The molecule has 1 N–H and O–H groups in total. The Hall–Kier alpha value is -3.02. The third-order valence-electron chi connectivity index (χ3n) is 5.51. The number of pyridine rings is 2. The second-order valence-corrected chi connectivity index (χ2v) is 7.63. The molecule has 4 heterocycles. The van der Waals surface area contributed by atoms with Crippen LogP contribution < -0.4 is 10.2 Å². The molecule has 4 rings (SSSR count). The summed E-state index contributed by atoms with van der Waals surface area (Å²) in [7, 11) is 0. The van der Waals surface area contributed by atoms with Gasteiger partial charge >= 0.3 is 0 Å². The molecule has 1 fully saturated rings. The Morgan fingerprint density at radius 3 is 2.59 bits per heavy atom. The van der Waals surface area contributed by atoms with Crippen molar-refractivity contribution >= 4 is 11.6 Å². The van der Waals surface area contributed by atoms with Crippen LogP contribution in [0.25, 0.3) is 11.4 Å². The van der Waals surface area contributed by atoms with Crippen LogP contribution in [0.2, 0.25) is 0 Å². The molecule has 0 aliphatic carbocycles. The molecule has 0 unspecified atom stereocenters. The molecule has 3 aromatic heterocycles. The van der Waals surface area contributed by atoms with Crippen molar-refractivity contribution in [3.63, 3.8) is 0 Å². The number of hydrogen-bond acceptors (Lipinski definition) is 6. The molecular weight excluding hydrogens is 360 g/mol. The Morgan fingerprint density at radius 2 is 1.83 bits per heavy atom. The maximum Gasteiger partial charge on any atom is 0.163 e. The fraction of sp³-hybridized carbons (Fsp3) is 0.391. The van der Waals surface area contributed by atoms with E-state index in [9.17, 15) is 0 Å². The number of nitrogens with one attached hydrogen (secondary N) is 1. The first-order chi connectivity index (χ1) is 14.2. The van der Waals surface area contributed by atoms with Gasteiger partial charge in [-0.1, -0.05) is 12.8 Å². The number of aromatic nitrogens is 4. The van der Waals surface area contributed by atoms with Crippen LogP contribution in [0.1, 0.15) is 42.5 Å². The third kappa shape index (κ3) is 4.70. The van der Waals surface area contributed by atoms with Crippen molar-refractivity contribution < 1.29 is 0 Å². The molecule has 0 saturated carbocycles. The first-order valence-corrected chi connectivity index (χ1v) is 10.4. The SMILES string of the molecule is Cc1nc(-c2cccnc2)nc(NCc2ccnc(N3CCCCCC3)c2)c1C. The summed E-state index contributed by atoms with van der Waals surface area (Å²) < 4.78 is 0. The number of rotatable bonds is 5. The van der Waals surface area contributed by atoms with Gasteiger partial charge in [-0.3, -0.25) is 4.98 Å². The Kier molecular flexibility index (Phi) is 5.98. The molecule has 0 bridgehead atoms. The van der Waals surface area contributed by atoms with Crippen molar-refractivity contribution in [3.05, 3.63) is 59.7 Å². The van der Waals surface area contributed by atoms with E-state index >= 15 is 0 Å². The summed E-state index contributed by atoms with van der Waals surface area (Å²) in [6.07, 6.45) is 10.6. The zero-order chi connectivity index (χ0) is 20.1. The smallest absolute Gasteiger partial charge is 0.163 e. The minimum Gasteiger partial charge on any atom is -0.366 e. The van der Waals surface area contributed by atoms with Crippen LogP contribution in [0.15, 0.2) is 42.9 Å². The fourth-order valence-corrected chi connectivity index (χ4v) is 3.65. The van der Waals surface area contributed by atoms with Gasteiger partial charge in [0.25, 0.3) is 0 Å². The molecule has 0 spiro atoms. The molecule has 150 valence electrons. The van der Waals surface area contributed by atoms with Crippen LogP contribution in [0.4, 0.5) is 11.6 Å². The van der Waals surface area contributed by atoms with E-state index in [-0.39, 0.29) is 0 Å². The minimum atomic E-state index is 0.698. The molecule has 1 aliphatic heterocycles. The van der Waals surface area contributed by atoms with Crippen LogP contribution >= 0.6 is 0 Å². The van der Waals surface area contributed by atoms with Gasteiger partial charge in [-0.15, -0.1) is 0 Å². The van der Waals surface area contributed by atoms with Crippen molar-refractivity contribution in [2.45, 2.75) is 46.1 Å². The Labute approximate surface area is 172 Å². The van der Waals surface area contributed by atoms with E-state index in [0.29, 0.717) is 12.4 Å². The van der Waals surface area contributed by atoms with Crippen LogP contribution in [0, 0.1) is 13.8 Å². The molecule has 29 heavy (non-hydrogen) atoms. The fourth-order valence-electron chi connectivity index (χ4n) is 3.65. The average molecular weight is 389 g/mol. The monoisotopic (exact) mass is 388 g/mol. The first kappa shape index (κ1) is 19.3. The van der Waals surface area contributed by atoms with Crippen molar-refractivity contribution in [3.8, 4) is 11.4 Å². The van der Waals surface area contributed by atoms with Crippen molar-refractivity contribution in [2.24, 2.45) is 0 Å². The van der Waals surface area contributed by atoms with Gasteiger partial charge in [-0.25, -0.2) is 15.0 Å². The maximum atomic E-state index is 4.75. The average Bonchev–Trinajstić information content (AvgIpc) is 3.05. The Bertz CT molecular complexity index is 949. The molecule has 6 heteroatoms. The number of anilines is 2. The number of hydrogen-bond donors (Lipinski definition) is 1. The standard InChI is InChI=1S/C23H28N6/c1-17-18(2)27-23(20-8-7-10-24-16-20)28-22(17)26-15-19-9-11-25-21(14-19)29-12-5-3-4-6-13-29/h7-11,14,16H,3-6,12-13,15H2,1-2H3,(H,26,27,28). The summed E-state index contributed by atoms with van der Waals surface area (Å²) in [6, 6.07) is 8.16. The van der Waals surface area contributed by atoms with Gasteiger partial charge in [0.1, 0.15) is 11.6 Å². The van der Waals surface area contributed by atoms with Crippen LogP contribution in [-0.4, -0.2) is 33.0 Å². The predicted molar refractivity (Wildman–Crippen MR) is 117 cm³/mol. The molecule has 0 amide bonds. The maximum absolute atomic E-state index is 4.75.